The summed E-state index contributed by atoms with van der Waals surface area (Å²) >= 11 is 0. The topological polar surface area (TPSA) is 214 Å². The summed E-state index contributed by atoms with van der Waals surface area (Å²) in [6.07, 6.45) is 14.8. The van der Waals surface area contributed by atoms with E-state index in [-0.39, 0.29) is 23.7 Å². The highest BCUT2D eigenvalue weighted by atomic mass is 16.5. The molecule has 0 bridgehead atoms. The number of aromatic nitrogens is 6. The average Bonchev–Trinajstić information content (AvgIpc) is 4.09. The number of nitrogen functional groups attached to an aromatic ring is 2. The maximum atomic E-state index is 12.7. The second-order valence-electron chi connectivity index (χ2n) is 17.5. The van der Waals surface area contributed by atoms with Gasteiger partial charge in [-0.05, 0) is 42.5 Å². The van der Waals surface area contributed by atoms with Crippen LogP contribution in [0.4, 0.5) is 11.6 Å². The summed E-state index contributed by atoms with van der Waals surface area (Å²) in [4.78, 5) is 46.9. The number of hydrogen-bond donors (Lipinski definition) is 4. The Kier molecular flexibility index (Phi) is 16.8. The van der Waals surface area contributed by atoms with Gasteiger partial charge < -0.3 is 50.8 Å². The fourth-order valence-corrected chi connectivity index (χ4v) is 8.08. The molecule has 2 aliphatic rings. The van der Waals surface area contributed by atoms with Gasteiger partial charge in [0.2, 0.25) is 11.8 Å². The highest BCUT2D eigenvalue weighted by molar-refractivity contribution is 5.89. The first-order valence-corrected chi connectivity index (χ1v) is 23.4. The van der Waals surface area contributed by atoms with E-state index in [4.69, 9.17) is 40.4 Å². The predicted octanol–water partition coefficient (Wildman–Crippen LogP) is 4.81. The van der Waals surface area contributed by atoms with Gasteiger partial charge in [-0.25, -0.2) is 19.9 Å². The molecule has 0 radical (unpaired) electrons. The van der Waals surface area contributed by atoms with Crippen LogP contribution in [0.2, 0.25) is 0 Å². The Morgan fingerprint density at radius 2 is 1.04 bits per heavy atom. The normalized spacial score (nSPS) is 14.6. The molecule has 2 aliphatic heterocycles. The van der Waals surface area contributed by atoms with Gasteiger partial charge in [0.1, 0.15) is 57.1 Å². The number of nitrogens with one attached hydrogen (secondary N) is 2. The van der Waals surface area contributed by atoms with Gasteiger partial charge in [0.05, 0.1) is 34.4 Å². The van der Waals surface area contributed by atoms with E-state index in [9.17, 15) is 9.59 Å². The fraction of sp³-hybridized carbons (Fsp3) is 0.358. The lowest BCUT2D eigenvalue weighted by molar-refractivity contribution is -0.130. The van der Waals surface area contributed by atoms with E-state index in [0.29, 0.717) is 108 Å². The summed E-state index contributed by atoms with van der Waals surface area (Å²) in [7, 11) is 6.39. The number of benzene rings is 2. The molecule has 2 aromatic carbocycles. The molecule has 0 unspecified atom stereocenters. The van der Waals surface area contributed by atoms with E-state index in [1.807, 2.05) is 62.5 Å². The number of anilines is 2. The van der Waals surface area contributed by atoms with Gasteiger partial charge in [-0.15, -0.1) is 0 Å². The Labute approximate surface area is 414 Å². The Balaban J connectivity index is 0.000000209. The zero-order valence-electron chi connectivity index (χ0n) is 41.5. The molecule has 8 rings (SSSR count). The second-order valence-corrected chi connectivity index (χ2v) is 17.5. The van der Waals surface area contributed by atoms with E-state index in [1.165, 1.54) is 0 Å². The highest BCUT2D eigenvalue weighted by Gasteiger charge is 2.35. The molecule has 4 aromatic heterocycles. The van der Waals surface area contributed by atoms with E-state index in [2.05, 4.69) is 72.0 Å². The third kappa shape index (κ3) is 12.6. The van der Waals surface area contributed by atoms with Crippen molar-refractivity contribution in [2.45, 2.75) is 58.0 Å². The first-order valence-electron chi connectivity index (χ1n) is 23.4. The van der Waals surface area contributed by atoms with E-state index in [1.54, 1.807) is 70.0 Å². The number of hydrogen-bond acceptors (Lipinski definition) is 14. The van der Waals surface area contributed by atoms with Crippen LogP contribution in [0.15, 0.2) is 85.5 Å². The van der Waals surface area contributed by atoms with Crippen molar-refractivity contribution in [2.24, 2.45) is 0 Å². The number of fused-ring (bicyclic) bond motifs is 2. The van der Waals surface area contributed by atoms with Crippen molar-refractivity contribution >= 4 is 34.5 Å². The van der Waals surface area contributed by atoms with Crippen molar-refractivity contribution < 1.29 is 28.5 Å². The second kappa shape index (κ2) is 23.5. The lowest BCUT2D eigenvalue weighted by atomic mass is 9.99. The third-order valence-electron chi connectivity index (χ3n) is 11.8. The van der Waals surface area contributed by atoms with Crippen molar-refractivity contribution in [3.63, 3.8) is 0 Å². The van der Waals surface area contributed by atoms with E-state index >= 15 is 0 Å². The number of methoxy groups -OCH3 is 4. The SMILES string of the molecule is COc1cc(C#Cc2nc(C3CN(C(=O)/C=C/CNC(C)C)C3)n3ccnc(N)c23)cc(OC)c1.COc1cc(C#Cc2nc([C@@H]3CCN(C(=O)/C=C/CNC(C)C)C3)n3ccnc(N)c23)cc(OC)c1. The minimum atomic E-state index is 0.000774. The molecule has 0 aliphatic carbocycles. The molecule has 370 valence electrons. The minimum Gasteiger partial charge on any atom is -0.497 e. The van der Waals surface area contributed by atoms with Gasteiger partial charge in [0, 0.05) is 117 Å². The quantitative estimate of drug-likeness (QED) is 0.0853. The molecular weight excluding hydrogens is 901 g/mol. The molecule has 2 amide bonds. The molecule has 6 heterocycles. The zero-order valence-corrected chi connectivity index (χ0v) is 41.5. The number of ether oxygens (including phenoxy) is 4. The fourth-order valence-electron chi connectivity index (χ4n) is 8.08. The molecule has 6 N–H and O–H groups in total. The molecule has 18 heteroatoms. The van der Waals surface area contributed by atoms with Gasteiger partial charge >= 0.3 is 0 Å². The number of nitrogens with two attached hydrogens (primary N) is 2. The maximum absolute atomic E-state index is 12.7. The van der Waals surface area contributed by atoms with Crippen LogP contribution in [-0.4, -0.2) is 130 Å². The Hall–Kier alpha value is -8.06. The number of carbonyl (C=O) groups excluding carboxylic acids is 2. The van der Waals surface area contributed by atoms with Crippen LogP contribution in [0.1, 0.15) is 80.1 Å². The summed E-state index contributed by atoms with van der Waals surface area (Å²) in [5, 5.41) is 6.53. The third-order valence-corrected chi connectivity index (χ3v) is 11.8. The smallest absolute Gasteiger partial charge is 0.246 e. The van der Waals surface area contributed by atoms with Gasteiger partial charge in [-0.3, -0.25) is 18.4 Å². The predicted molar refractivity (Wildman–Crippen MR) is 274 cm³/mol. The molecular formula is C53H62N12O6. The standard InChI is InChI=1S/C27H32N6O3.C26H30N6O3/c1-18(2)29-10-5-6-24(34)32-12-9-20(17-32)27-31-23(25-26(28)30-11-13-33(25)27)8-7-19-14-21(35-3)16-22(15-19)36-4;1-17(2)28-9-5-6-23(33)31-15-19(16-31)26-30-22(24-25(27)29-10-11-32(24)26)8-7-18-12-20(34-3)14-21(13-18)35-4/h5-6,11,13-16,18,20,29H,9-10,12,17H2,1-4H3,(H2,28,30);5-6,10-14,17,19,28H,9,15-16H2,1-4H3,(H2,27,29)/b2*6-5+/t20-;/m1./s1. The summed E-state index contributed by atoms with van der Waals surface area (Å²) < 4.78 is 25.2. The van der Waals surface area contributed by atoms with Crippen LogP contribution in [-0.2, 0) is 9.59 Å². The number of likely N-dealkylation sites (tertiary alicyclic amines) is 2. The Morgan fingerprint density at radius 3 is 1.46 bits per heavy atom. The van der Waals surface area contributed by atoms with Crippen LogP contribution in [0.25, 0.3) is 11.0 Å². The van der Waals surface area contributed by atoms with Crippen LogP contribution in [0, 0.1) is 23.7 Å². The number of imidazole rings is 2. The van der Waals surface area contributed by atoms with Gasteiger partial charge in [-0.1, -0.05) is 51.7 Å². The highest BCUT2D eigenvalue weighted by Crippen LogP contribution is 2.32. The first kappa shape index (κ1) is 50.8. The molecule has 0 spiro atoms. The Bertz CT molecular complexity index is 3010. The average molecular weight is 963 g/mol. The monoisotopic (exact) mass is 962 g/mol. The summed E-state index contributed by atoms with van der Waals surface area (Å²) in [6.45, 7) is 12.0. The van der Waals surface area contributed by atoms with Crippen molar-refractivity contribution in [3.05, 3.63) is 120 Å². The van der Waals surface area contributed by atoms with E-state index in [0.717, 1.165) is 29.2 Å². The summed E-state index contributed by atoms with van der Waals surface area (Å²) in [5.41, 5.74) is 16.3. The largest absolute Gasteiger partial charge is 0.497 e. The number of amides is 2. The van der Waals surface area contributed by atoms with Gasteiger partial charge in [-0.2, -0.15) is 0 Å². The van der Waals surface area contributed by atoms with Gasteiger partial charge in [0.15, 0.2) is 11.6 Å². The van der Waals surface area contributed by atoms with Crippen molar-refractivity contribution in [2.75, 3.05) is 79.2 Å². The van der Waals surface area contributed by atoms with Crippen molar-refractivity contribution in [1.29, 1.82) is 0 Å². The molecule has 6 aromatic rings. The van der Waals surface area contributed by atoms with Gasteiger partial charge in [0.25, 0.3) is 0 Å². The Morgan fingerprint density at radius 1 is 0.634 bits per heavy atom. The van der Waals surface area contributed by atoms with Crippen LogP contribution in [0.5, 0.6) is 23.0 Å². The summed E-state index contributed by atoms with van der Waals surface area (Å²) in [6, 6.07) is 11.7. The number of nitrogens with zero attached hydrogens (tertiary/aromatic N) is 8. The summed E-state index contributed by atoms with van der Waals surface area (Å²) in [5.74, 6) is 17.7. The molecule has 2 fully saturated rings. The van der Waals surface area contributed by atoms with Crippen molar-refractivity contribution in [3.8, 4) is 46.7 Å². The lowest BCUT2D eigenvalue weighted by Crippen LogP contribution is -2.48. The zero-order chi connectivity index (χ0) is 50.6. The number of rotatable bonds is 14. The maximum Gasteiger partial charge on any atom is 0.246 e. The number of carbonyl (C=O) groups is 2. The van der Waals surface area contributed by atoms with E-state index < -0.39 is 0 Å². The minimum absolute atomic E-state index is 0.000774. The lowest BCUT2D eigenvalue weighted by Gasteiger charge is -2.37. The molecule has 18 nitrogen and oxygen atoms in total. The molecule has 2 saturated heterocycles. The molecule has 71 heavy (non-hydrogen) atoms. The molecule has 1 atom stereocenters. The van der Waals surface area contributed by atoms with Crippen molar-refractivity contribution in [1.82, 2.24) is 49.2 Å². The first-order chi connectivity index (χ1) is 34.3. The van der Waals surface area contributed by atoms with Crippen LogP contribution in [0.3, 0.4) is 0 Å². The molecule has 0 saturated carbocycles. The van der Waals surface area contributed by atoms with Crippen LogP contribution >= 0.6 is 0 Å². The van der Waals surface area contributed by atoms with Crippen LogP contribution < -0.4 is 41.0 Å².